The molecule has 0 aromatic heterocycles. The van der Waals surface area contributed by atoms with Gasteiger partial charge in [-0.15, -0.1) is 0 Å². The minimum absolute atomic E-state index is 0.00908. The maximum absolute atomic E-state index is 12.3. The van der Waals surface area contributed by atoms with E-state index in [1.165, 1.54) is 0 Å². The van der Waals surface area contributed by atoms with Crippen LogP contribution < -0.4 is 19.7 Å². The van der Waals surface area contributed by atoms with Crippen molar-refractivity contribution in [2.75, 3.05) is 25.7 Å². The highest BCUT2D eigenvalue weighted by atomic mass is 16.5. The van der Waals surface area contributed by atoms with Crippen LogP contribution in [0.5, 0.6) is 11.5 Å². The lowest BCUT2D eigenvalue weighted by atomic mass is 10.2. The van der Waals surface area contributed by atoms with E-state index >= 15 is 0 Å². The maximum atomic E-state index is 12.3. The summed E-state index contributed by atoms with van der Waals surface area (Å²) >= 11 is 0. The van der Waals surface area contributed by atoms with Gasteiger partial charge in [0.1, 0.15) is 11.5 Å². The monoisotopic (exact) mass is 340 g/mol. The number of hydrogen-bond acceptors (Lipinski definition) is 4. The average molecular weight is 340 g/mol. The topological polar surface area (TPSA) is 67.9 Å². The fourth-order valence-electron chi connectivity index (χ4n) is 2.83. The number of benzene rings is 2. The molecular weight excluding hydrogens is 320 g/mol. The van der Waals surface area contributed by atoms with E-state index in [0.717, 1.165) is 11.4 Å². The number of carbonyl (C=O) groups excluding carboxylic acids is 2. The molecule has 1 aliphatic rings. The summed E-state index contributed by atoms with van der Waals surface area (Å²) in [5.41, 5.74) is 1.34. The molecule has 0 unspecified atom stereocenters. The highest BCUT2D eigenvalue weighted by molar-refractivity contribution is 5.99. The second-order valence-corrected chi connectivity index (χ2v) is 5.81. The van der Waals surface area contributed by atoms with E-state index in [1.807, 2.05) is 24.3 Å². The summed E-state index contributed by atoms with van der Waals surface area (Å²) in [5, 5.41) is 2.92. The van der Waals surface area contributed by atoms with Gasteiger partial charge in [0.25, 0.3) is 5.91 Å². The molecular formula is C19H20N2O4. The molecule has 2 amide bonds. The van der Waals surface area contributed by atoms with E-state index in [-0.39, 0.29) is 24.3 Å². The van der Waals surface area contributed by atoms with Crippen molar-refractivity contribution in [3.05, 3.63) is 54.1 Å². The molecule has 0 radical (unpaired) electrons. The zero-order valence-corrected chi connectivity index (χ0v) is 14.2. The van der Waals surface area contributed by atoms with Crippen molar-refractivity contribution in [2.24, 2.45) is 0 Å². The Hall–Kier alpha value is -3.02. The third-order valence-corrected chi connectivity index (χ3v) is 4.20. The Kier molecular flexibility index (Phi) is 4.88. The standard InChI is InChI=1S/C19H20N2O4/c1-24-16-7-3-13(4-8-16)19(23)20-14-11-18(22)21(12-14)15-5-9-17(25-2)10-6-15/h3-10,14H,11-12H2,1-2H3,(H,20,23)/t14-/m1/s1. The highest BCUT2D eigenvalue weighted by Gasteiger charge is 2.31. The fourth-order valence-corrected chi connectivity index (χ4v) is 2.83. The molecule has 3 rings (SSSR count). The van der Waals surface area contributed by atoms with Gasteiger partial charge in [-0.2, -0.15) is 0 Å². The molecule has 25 heavy (non-hydrogen) atoms. The second-order valence-electron chi connectivity index (χ2n) is 5.81. The lowest BCUT2D eigenvalue weighted by molar-refractivity contribution is -0.117. The minimum Gasteiger partial charge on any atom is -0.497 e. The van der Waals surface area contributed by atoms with E-state index in [4.69, 9.17) is 9.47 Å². The molecule has 2 aromatic rings. The number of hydrogen-bond donors (Lipinski definition) is 1. The van der Waals surface area contributed by atoms with Crippen molar-refractivity contribution in [2.45, 2.75) is 12.5 Å². The first kappa shape index (κ1) is 16.8. The predicted octanol–water partition coefficient (Wildman–Crippen LogP) is 2.24. The van der Waals surface area contributed by atoms with Gasteiger partial charge in [-0.05, 0) is 48.5 Å². The molecule has 1 heterocycles. The van der Waals surface area contributed by atoms with Gasteiger partial charge in [0.15, 0.2) is 0 Å². The van der Waals surface area contributed by atoms with Crippen LogP contribution in [0.4, 0.5) is 5.69 Å². The molecule has 0 spiro atoms. The molecule has 1 fully saturated rings. The molecule has 6 heteroatoms. The number of ether oxygens (including phenoxy) is 2. The molecule has 0 aliphatic carbocycles. The van der Waals surface area contributed by atoms with Crippen molar-refractivity contribution in [3.63, 3.8) is 0 Å². The van der Waals surface area contributed by atoms with Crippen molar-refractivity contribution in [1.29, 1.82) is 0 Å². The van der Waals surface area contributed by atoms with Crippen LogP contribution in [0, 0.1) is 0 Å². The summed E-state index contributed by atoms with van der Waals surface area (Å²) in [6.07, 6.45) is 0.286. The van der Waals surface area contributed by atoms with E-state index in [9.17, 15) is 9.59 Å². The summed E-state index contributed by atoms with van der Waals surface area (Å²) in [4.78, 5) is 26.3. The van der Waals surface area contributed by atoms with Gasteiger partial charge < -0.3 is 19.7 Å². The van der Waals surface area contributed by atoms with Crippen molar-refractivity contribution >= 4 is 17.5 Å². The molecule has 0 saturated carbocycles. The largest absolute Gasteiger partial charge is 0.497 e. The molecule has 1 saturated heterocycles. The smallest absolute Gasteiger partial charge is 0.251 e. The quantitative estimate of drug-likeness (QED) is 0.906. The first-order valence-corrected chi connectivity index (χ1v) is 8.00. The lowest BCUT2D eigenvalue weighted by Crippen LogP contribution is -2.37. The predicted molar refractivity (Wildman–Crippen MR) is 94.2 cm³/mol. The van der Waals surface area contributed by atoms with Crippen molar-refractivity contribution in [1.82, 2.24) is 5.32 Å². The first-order valence-electron chi connectivity index (χ1n) is 8.00. The van der Waals surface area contributed by atoms with Crippen molar-refractivity contribution < 1.29 is 19.1 Å². The van der Waals surface area contributed by atoms with Crippen LogP contribution in [0.25, 0.3) is 0 Å². The Bertz CT molecular complexity index is 756. The summed E-state index contributed by atoms with van der Waals surface area (Å²) in [6, 6.07) is 14.0. The molecule has 1 N–H and O–H groups in total. The van der Waals surface area contributed by atoms with Crippen LogP contribution >= 0.6 is 0 Å². The zero-order valence-electron chi connectivity index (χ0n) is 14.2. The first-order chi connectivity index (χ1) is 12.1. The Labute approximate surface area is 146 Å². The molecule has 2 aromatic carbocycles. The van der Waals surface area contributed by atoms with E-state index in [2.05, 4.69) is 5.32 Å². The number of anilines is 1. The molecule has 130 valence electrons. The van der Waals surface area contributed by atoms with Gasteiger partial charge in [-0.25, -0.2) is 0 Å². The molecule has 6 nitrogen and oxygen atoms in total. The second kappa shape index (κ2) is 7.25. The Morgan fingerprint density at radius 1 is 1.00 bits per heavy atom. The molecule has 1 aliphatic heterocycles. The third kappa shape index (κ3) is 3.74. The van der Waals surface area contributed by atoms with Gasteiger partial charge in [0.2, 0.25) is 5.91 Å². The van der Waals surface area contributed by atoms with Gasteiger partial charge in [-0.1, -0.05) is 0 Å². The summed E-state index contributed by atoms with van der Waals surface area (Å²) in [5.74, 6) is 1.22. The number of nitrogens with zero attached hydrogens (tertiary/aromatic N) is 1. The fraction of sp³-hybridized carbons (Fsp3) is 0.263. The average Bonchev–Trinajstić information content (AvgIpc) is 3.02. The third-order valence-electron chi connectivity index (χ3n) is 4.20. The lowest BCUT2D eigenvalue weighted by Gasteiger charge is -2.17. The summed E-state index contributed by atoms with van der Waals surface area (Å²) in [7, 11) is 3.17. The molecule has 1 atom stereocenters. The van der Waals surface area contributed by atoms with Crippen LogP contribution in [0.15, 0.2) is 48.5 Å². The normalized spacial score (nSPS) is 16.6. The highest BCUT2D eigenvalue weighted by Crippen LogP contribution is 2.24. The van der Waals surface area contributed by atoms with E-state index < -0.39 is 0 Å². The van der Waals surface area contributed by atoms with Crippen LogP contribution in [0.1, 0.15) is 16.8 Å². The van der Waals surface area contributed by atoms with Crippen LogP contribution in [0.2, 0.25) is 0 Å². The van der Waals surface area contributed by atoms with Gasteiger partial charge in [0.05, 0.1) is 20.3 Å². The van der Waals surface area contributed by atoms with Crippen LogP contribution in [-0.4, -0.2) is 38.6 Å². The minimum atomic E-state index is -0.218. The van der Waals surface area contributed by atoms with Crippen LogP contribution in [-0.2, 0) is 4.79 Å². The number of nitrogens with one attached hydrogen (secondary N) is 1. The van der Waals surface area contributed by atoms with Gasteiger partial charge in [-0.3, -0.25) is 9.59 Å². The number of rotatable bonds is 5. The van der Waals surface area contributed by atoms with E-state index in [0.29, 0.717) is 17.9 Å². The van der Waals surface area contributed by atoms with Gasteiger partial charge >= 0.3 is 0 Å². The van der Waals surface area contributed by atoms with Gasteiger partial charge in [0, 0.05) is 24.2 Å². The van der Waals surface area contributed by atoms with Crippen molar-refractivity contribution in [3.8, 4) is 11.5 Å². The Balaban J connectivity index is 1.64. The van der Waals surface area contributed by atoms with Crippen LogP contribution in [0.3, 0.4) is 0 Å². The summed E-state index contributed by atoms with van der Waals surface area (Å²) in [6.45, 7) is 0.451. The number of amides is 2. The SMILES string of the molecule is COc1ccc(C(=O)N[C@@H]2CC(=O)N(c3ccc(OC)cc3)C2)cc1. The maximum Gasteiger partial charge on any atom is 0.251 e. The zero-order chi connectivity index (χ0) is 17.8. The molecule has 0 bridgehead atoms. The number of methoxy groups -OCH3 is 2. The Morgan fingerprint density at radius 3 is 2.12 bits per heavy atom. The Morgan fingerprint density at radius 2 is 1.56 bits per heavy atom. The summed E-state index contributed by atoms with van der Waals surface area (Å²) < 4.78 is 10.2. The van der Waals surface area contributed by atoms with E-state index in [1.54, 1.807) is 43.4 Å². The number of carbonyl (C=O) groups is 2.